The third-order valence-corrected chi connectivity index (χ3v) is 4.70. The Bertz CT molecular complexity index is 719. The van der Waals surface area contributed by atoms with Crippen LogP contribution in [0.5, 0.6) is 5.75 Å². The first-order valence-corrected chi connectivity index (χ1v) is 9.29. The van der Waals surface area contributed by atoms with Crippen LogP contribution in [-0.4, -0.2) is 30.6 Å². The smallest absolute Gasteiger partial charge is 0.316 e. The van der Waals surface area contributed by atoms with Gasteiger partial charge in [-0.15, -0.1) is 17.0 Å². The van der Waals surface area contributed by atoms with Crippen molar-refractivity contribution in [3.63, 3.8) is 0 Å². The second-order valence-corrected chi connectivity index (χ2v) is 6.75. The van der Waals surface area contributed by atoms with Crippen LogP contribution >= 0.6 is 17.0 Å². The summed E-state index contributed by atoms with van der Waals surface area (Å²) < 4.78 is 5.89. The van der Waals surface area contributed by atoms with Crippen LogP contribution in [0.15, 0.2) is 48.5 Å². The predicted octanol–water partition coefficient (Wildman–Crippen LogP) is 4.36. The van der Waals surface area contributed by atoms with Crippen LogP contribution in [0.1, 0.15) is 30.4 Å². The van der Waals surface area contributed by atoms with E-state index in [2.05, 4.69) is 16.3 Å². The van der Waals surface area contributed by atoms with Gasteiger partial charge in [0.15, 0.2) is 0 Å². The molecule has 146 valence electrons. The zero-order valence-electron chi connectivity index (χ0n) is 15.5. The van der Waals surface area contributed by atoms with Crippen LogP contribution < -0.4 is 15.8 Å². The van der Waals surface area contributed by atoms with Crippen molar-refractivity contribution < 1.29 is 9.53 Å². The highest BCUT2D eigenvalue weighted by atomic mass is 79.9. The monoisotopic (exact) mass is 433 g/mol. The van der Waals surface area contributed by atoms with E-state index in [0.29, 0.717) is 18.0 Å². The highest BCUT2D eigenvalue weighted by Crippen LogP contribution is 2.27. The van der Waals surface area contributed by atoms with Gasteiger partial charge in [-0.3, -0.25) is 0 Å². The van der Waals surface area contributed by atoms with Crippen molar-refractivity contribution in [2.24, 2.45) is 5.73 Å². The van der Waals surface area contributed by atoms with E-state index < -0.39 is 6.03 Å². The van der Waals surface area contributed by atoms with Gasteiger partial charge in [0.05, 0.1) is 5.69 Å². The molecule has 3 rings (SSSR count). The highest BCUT2D eigenvalue weighted by molar-refractivity contribution is 8.93. The van der Waals surface area contributed by atoms with Crippen LogP contribution in [-0.2, 0) is 13.0 Å². The molecule has 1 fully saturated rings. The quantitative estimate of drug-likeness (QED) is 0.681. The maximum atomic E-state index is 11.4. The number of hydrogen-bond acceptors (Lipinski definition) is 3. The van der Waals surface area contributed by atoms with E-state index in [1.807, 2.05) is 42.5 Å². The van der Waals surface area contributed by atoms with E-state index >= 15 is 0 Å². The molecule has 0 aromatic heterocycles. The SMILES string of the molecule is Br.NC(=O)Nc1cc(CCN2CCCCC2)ccc1OCc1ccccc1. The summed E-state index contributed by atoms with van der Waals surface area (Å²) in [6.45, 7) is 3.86. The molecule has 5 nitrogen and oxygen atoms in total. The Morgan fingerprint density at radius 2 is 1.78 bits per heavy atom. The Labute approximate surface area is 171 Å². The Hall–Kier alpha value is -2.05. The van der Waals surface area contributed by atoms with Crippen molar-refractivity contribution in [3.8, 4) is 5.75 Å². The van der Waals surface area contributed by atoms with Crippen molar-refractivity contribution in [1.82, 2.24) is 4.90 Å². The maximum Gasteiger partial charge on any atom is 0.316 e. The molecule has 0 aliphatic carbocycles. The van der Waals surface area contributed by atoms with E-state index in [0.717, 1.165) is 18.5 Å². The number of halogens is 1. The number of likely N-dealkylation sites (tertiary alicyclic amines) is 1. The Morgan fingerprint density at radius 3 is 2.48 bits per heavy atom. The van der Waals surface area contributed by atoms with Gasteiger partial charge in [0.2, 0.25) is 0 Å². The number of nitrogens with zero attached hydrogens (tertiary/aromatic N) is 1. The van der Waals surface area contributed by atoms with Gasteiger partial charge >= 0.3 is 6.03 Å². The lowest BCUT2D eigenvalue weighted by molar-refractivity contribution is 0.231. The summed E-state index contributed by atoms with van der Waals surface area (Å²) in [6, 6.07) is 15.3. The van der Waals surface area contributed by atoms with Crippen LogP contribution in [0, 0.1) is 0 Å². The van der Waals surface area contributed by atoms with Crippen LogP contribution in [0.3, 0.4) is 0 Å². The van der Waals surface area contributed by atoms with Gasteiger partial charge in [-0.25, -0.2) is 4.79 Å². The summed E-state index contributed by atoms with van der Waals surface area (Å²) in [4.78, 5) is 13.9. The Balaban J connectivity index is 0.00000261. The molecule has 0 atom stereocenters. The molecule has 0 bridgehead atoms. The average Bonchev–Trinajstić information content (AvgIpc) is 2.67. The lowest BCUT2D eigenvalue weighted by Crippen LogP contribution is -2.31. The molecule has 1 heterocycles. The van der Waals surface area contributed by atoms with Gasteiger partial charge in [0.25, 0.3) is 0 Å². The van der Waals surface area contributed by atoms with E-state index in [1.165, 1.54) is 37.9 Å². The van der Waals surface area contributed by atoms with Crippen molar-refractivity contribution in [3.05, 3.63) is 59.7 Å². The molecule has 27 heavy (non-hydrogen) atoms. The standard InChI is InChI=1S/C21H27N3O2.BrH/c22-21(25)23-19-15-17(11-14-24-12-5-2-6-13-24)9-10-20(19)26-16-18-7-3-1-4-8-18;/h1,3-4,7-10,15H,2,5-6,11-14,16H2,(H3,22,23,25);1H. The summed E-state index contributed by atoms with van der Waals surface area (Å²) >= 11 is 0. The fraction of sp³-hybridized carbons (Fsp3) is 0.381. The van der Waals surface area contributed by atoms with Crippen LogP contribution in [0.25, 0.3) is 0 Å². The lowest BCUT2D eigenvalue weighted by Gasteiger charge is -2.26. The summed E-state index contributed by atoms with van der Waals surface area (Å²) in [5, 5.41) is 2.69. The average molecular weight is 434 g/mol. The number of amides is 2. The minimum absolute atomic E-state index is 0. The number of nitrogens with one attached hydrogen (secondary N) is 1. The number of ether oxygens (including phenoxy) is 1. The number of carbonyl (C=O) groups is 1. The number of primary amides is 1. The van der Waals surface area contributed by atoms with Crippen LogP contribution in [0.2, 0.25) is 0 Å². The Kier molecular flexibility index (Phi) is 8.61. The number of anilines is 1. The normalized spacial score (nSPS) is 14.2. The molecular weight excluding hydrogens is 406 g/mol. The number of hydrogen-bond donors (Lipinski definition) is 2. The first-order valence-electron chi connectivity index (χ1n) is 9.29. The van der Waals surface area contributed by atoms with E-state index in [1.54, 1.807) is 0 Å². The molecule has 1 saturated heterocycles. The molecule has 2 amide bonds. The number of carbonyl (C=O) groups excluding carboxylic acids is 1. The molecule has 0 spiro atoms. The zero-order chi connectivity index (χ0) is 18.2. The van der Waals surface area contributed by atoms with Gasteiger partial charge < -0.3 is 20.7 Å². The topological polar surface area (TPSA) is 67.6 Å². The third-order valence-electron chi connectivity index (χ3n) is 4.70. The van der Waals surface area contributed by atoms with Gasteiger partial charge in [-0.2, -0.15) is 0 Å². The lowest BCUT2D eigenvalue weighted by atomic mass is 10.1. The summed E-state index contributed by atoms with van der Waals surface area (Å²) in [7, 11) is 0. The summed E-state index contributed by atoms with van der Waals surface area (Å²) in [5.74, 6) is 0.634. The Morgan fingerprint density at radius 1 is 1.04 bits per heavy atom. The second kappa shape index (κ2) is 10.9. The molecule has 0 radical (unpaired) electrons. The number of benzene rings is 2. The fourth-order valence-corrected chi connectivity index (χ4v) is 3.29. The second-order valence-electron chi connectivity index (χ2n) is 6.75. The largest absolute Gasteiger partial charge is 0.487 e. The molecule has 6 heteroatoms. The van der Waals surface area contributed by atoms with Crippen molar-refractivity contribution >= 4 is 28.7 Å². The van der Waals surface area contributed by atoms with Crippen molar-refractivity contribution in [2.45, 2.75) is 32.3 Å². The first kappa shape index (κ1) is 21.3. The molecule has 2 aromatic carbocycles. The number of urea groups is 1. The molecule has 1 aliphatic heterocycles. The number of piperidine rings is 1. The predicted molar refractivity (Wildman–Crippen MR) is 115 cm³/mol. The van der Waals surface area contributed by atoms with E-state index in [9.17, 15) is 4.79 Å². The molecule has 0 saturated carbocycles. The molecule has 3 N–H and O–H groups in total. The number of rotatable bonds is 7. The summed E-state index contributed by atoms with van der Waals surface area (Å²) in [5.41, 5.74) is 8.21. The zero-order valence-corrected chi connectivity index (χ0v) is 17.2. The molecule has 1 aliphatic rings. The first-order chi connectivity index (χ1) is 12.7. The van der Waals surface area contributed by atoms with E-state index in [-0.39, 0.29) is 17.0 Å². The van der Waals surface area contributed by atoms with E-state index in [4.69, 9.17) is 10.5 Å². The van der Waals surface area contributed by atoms with Crippen molar-refractivity contribution in [2.75, 3.05) is 25.0 Å². The molecular formula is C21H28BrN3O2. The van der Waals surface area contributed by atoms with Gasteiger partial charge in [0.1, 0.15) is 12.4 Å². The minimum atomic E-state index is -0.581. The van der Waals surface area contributed by atoms with Gasteiger partial charge in [-0.05, 0) is 55.6 Å². The van der Waals surface area contributed by atoms with Gasteiger partial charge in [-0.1, -0.05) is 42.8 Å². The fourth-order valence-electron chi connectivity index (χ4n) is 3.29. The molecule has 2 aromatic rings. The third kappa shape index (κ3) is 6.88. The summed E-state index contributed by atoms with van der Waals surface area (Å²) in [6.07, 6.45) is 4.88. The minimum Gasteiger partial charge on any atom is -0.487 e. The van der Waals surface area contributed by atoms with Gasteiger partial charge in [0, 0.05) is 6.54 Å². The van der Waals surface area contributed by atoms with Crippen LogP contribution in [0.4, 0.5) is 10.5 Å². The van der Waals surface area contributed by atoms with Crippen molar-refractivity contribution in [1.29, 1.82) is 0 Å². The maximum absolute atomic E-state index is 11.4. The highest BCUT2D eigenvalue weighted by Gasteiger charge is 2.12. The number of nitrogens with two attached hydrogens (primary N) is 1. The molecule has 0 unspecified atom stereocenters.